The highest BCUT2D eigenvalue weighted by Gasteiger charge is 2.23. The van der Waals surface area contributed by atoms with Crippen LogP contribution in [0.2, 0.25) is 0 Å². The van der Waals surface area contributed by atoms with Crippen molar-refractivity contribution in [2.45, 2.75) is 46.2 Å². The Bertz CT molecular complexity index is 509. The number of hydrogen-bond acceptors (Lipinski definition) is 2. The number of hydrogen-bond donors (Lipinski definition) is 1. The molecule has 0 radical (unpaired) electrons. The van der Waals surface area contributed by atoms with Gasteiger partial charge in [0.05, 0.1) is 0 Å². The van der Waals surface area contributed by atoms with Crippen molar-refractivity contribution in [1.29, 1.82) is 0 Å². The lowest BCUT2D eigenvalue weighted by Gasteiger charge is -2.34. The van der Waals surface area contributed by atoms with E-state index in [1.165, 1.54) is 13.0 Å². The van der Waals surface area contributed by atoms with Crippen molar-refractivity contribution < 1.29 is 14.0 Å². The third-order valence-corrected chi connectivity index (χ3v) is 3.19. The zero-order chi connectivity index (χ0) is 16.0. The van der Waals surface area contributed by atoms with Gasteiger partial charge in [-0.2, -0.15) is 0 Å². The van der Waals surface area contributed by atoms with Crippen molar-refractivity contribution in [1.82, 2.24) is 10.2 Å². The van der Waals surface area contributed by atoms with Gasteiger partial charge in [0.2, 0.25) is 11.8 Å². The maximum absolute atomic E-state index is 13.4. The Hall–Kier alpha value is -1.91. The lowest BCUT2D eigenvalue weighted by atomic mass is 10.1. The van der Waals surface area contributed by atoms with Gasteiger partial charge in [-0.1, -0.05) is 18.2 Å². The predicted molar refractivity (Wildman–Crippen MR) is 80.0 cm³/mol. The molecule has 0 aromatic heterocycles. The summed E-state index contributed by atoms with van der Waals surface area (Å²) in [5.74, 6) is -0.601. The second-order valence-corrected chi connectivity index (χ2v) is 5.96. The molecule has 0 bridgehead atoms. The maximum Gasteiger partial charge on any atom is 0.222 e. The minimum atomic E-state index is -0.335. The van der Waals surface area contributed by atoms with Gasteiger partial charge in [0.1, 0.15) is 5.82 Å². The van der Waals surface area contributed by atoms with Gasteiger partial charge >= 0.3 is 0 Å². The Kier molecular flexibility index (Phi) is 5.88. The van der Waals surface area contributed by atoms with Crippen LogP contribution in [-0.4, -0.2) is 28.8 Å². The van der Waals surface area contributed by atoms with Gasteiger partial charge in [-0.25, -0.2) is 4.39 Å². The molecule has 0 atom stereocenters. The van der Waals surface area contributed by atoms with E-state index in [0.29, 0.717) is 12.1 Å². The number of nitrogens with one attached hydrogen (secondary N) is 1. The van der Waals surface area contributed by atoms with Crippen LogP contribution in [0.4, 0.5) is 4.39 Å². The zero-order valence-electron chi connectivity index (χ0n) is 13.1. The Morgan fingerprint density at radius 3 is 2.38 bits per heavy atom. The van der Waals surface area contributed by atoms with E-state index in [9.17, 15) is 14.0 Å². The van der Waals surface area contributed by atoms with Crippen molar-refractivity contribution in [2.24, 2.45) is 0 Å². The van der Waals surface area contributed by atoms with E-state index in [-0.39, 0.29) is 36.1 Å². The van der Waals surface area contributed by atoms with Crippen molar-refractivity contribution in [3.05, 3.63) is 35.6 Å². The first kappa shape index (κ1) is 17.1. The lowest BCUT2D eigenvalue weighted by molar-refractivity contribution is -0.134. The SMILES string of the molecule is CC(=O)N(CCC(=O)NCc1ccccc1F)C(C)(C)C. The van der Waals surface area contributed by atoms with E-state index < -0.39 is 0 Å². The second-order valence-electron chi connectivity index (χ2n) is 5.96. The molecule has 5 heteroatoms. The van der Waals surface area contributed by atoms with E-state index in [1.54, 1.807) is 23.1 Å². The van der Waals surface area contributed by atoms with Crippen LogP contribution >= 0.6 is 0 Å². The normalized spacial score (nSPS) is 11.1. The van der Waals surface area contributed by atoms with E-state index in [2.05, 4.69) is 5.32 Å². The van der Waals surface area contributed by atoms with Crippen LogP contribution in [0.15, 0.2) is 24.3 Å². The molecule has 116 valence electrons. The van der Waals surface area contributed by atoms with Crippen LogP contribution in [0.1, 0.15) is 39.7 Å². The molecule has 1 aromatic carbocycles. The topological polar surface area (TPSA) is 49.4 Å². The van der Waals surface area contributed by atoms with E-state index in [4.69, 9.17) is 0 Å². The van der Waals surface area contributed by atoms with Gasteiger partial charge in [-0.3, -0.25) is 9.59 Å². The standard InChI is InChI=1S/C16H23FN2O2/c1-12(20)19(16(2,3)4)10-9-15(21)18-11-13-7-5-6-8-14(13)17/h5-8H,9-11H2,1-4H3,(H,18,21). The molecule has 1 rings (SSSR count). The monoisotopic (exact) mass is 294 g/mol. The van der Waals surface area contributed by atoms with E-state index in [1.807, 2.05) is 20.8 Å². The first-order valence-corrected chi connectivity index (χ1v) is 7.00. The molecule has 0 fully saturated rings. The van der Waals surface area contributed by atoms with Crippen LogP contribution in [0.25, 0.3) is 0 Å². The highest BCUT2D eigenvalue weighted by atomic mass is 19.1. The number of carbonyl (C=O) groups excluding carboxylic acids is 2. The van der Waals surface area contributed by atoms with Gasteiger partial charge in [0, 0.05) is 37.5 Å². The van der Waals surface area contributed by atoms with Crippen LogP contribution in [0.5, 0.6) is 0 Å². The summed E-state index contributed by atoms with van der Waals surface area (Å²) in [5.41, 5.74) is 0.127. The first-order chi connectivity index (χ1) is 9.71. The average Bonchev–Trinajstić information content (AvgIpc) is 2.36. The molecule has 0 saturated carbocycles. The number of nitrogens with zero attached hydrogens (tertiary/aromatic N) is 1. The third kappa shape index (κ3) is 5.53. The number of rotatable bonds is 5. The summed E-state index contributed by atoms with van der Waals surface area (Å²) >= 11 is 0. The number of carbonyl (C=O) groups is 2. The van der Waals surface area contributed by atoms with Gasteiger partial charge in [0.15, 0.2) is 0 Å². The maximum atomic E-state index is 13.4. The minimum Gasteiger partial charge on any atom is -0.352 e. The molecule has 0 aliphatic heterocycles. The zero-order valence-corrected chi connectivity index (χ0v) is 13.1. The molecule has 1 N–H and O–H groups in total. The molecule has 4 nitrogen and oxygen atoms in total. The second kappa shape index (κ2) is 7.20. The summed E-state index contributed by atoms with van der Waals surface area (Å²) in [5, 5.41) is 2.67. The van der Waals surface area contributed by atoms with Gasteiger partial charge in [-0.15, -0.1) is 0 Å². The van der Waals surface area contributed by atoms with Crippen molar-refractivity contribution >= 4 is 11.8 Å². The molecule has 1 aromatic rings. The quantitative estimate of drug-likeness (QED) is 0.907. The first-order valence-electron chi connectivity index (χ1n) is 7.00. The van der Waals surface area contributed by atoms with Crippen LogP contribution in [0, 0.1) is 5.82 Å². The fourth-order valence-electron chi connectivity index (χ4n) is 2.10. The van der Waals surface area contributed by atoms with Crippen LogP contribution in [0.3, 0.4) is 0 Å². The summed E-state index contributed by atoms with van der Waals surface area (Å²) in [4.78, 5) is 25.0. The minimum absolute atomic E-state index is 0.0654. The predicted octanol–water partition coefficient (Wildman–Crippen LogP) is 2.48. The number of halogens is 1. The Balaban J connectivity index is 2.47. The molecule has 0 unspecified atom stereocenters. The Morgan fingerprint density at radius 1 is 1.24 bits per heavy atom. The summed E-state index contributed by atoms with van der Waals surface area (Å²) in [6.45, 7) is 7.76. The molecular formula is C16H23FN2O2. The smallest absolute Gasteiger partial charge is 0.222 e. The fraction of sp³-hybridized carbons (Fsp3) is 0.500. The molecule has 0 aliphatic carbocycles. The third-order valence-electron chi connectivity index (χ3n) is 3.19. The van der Waals surface area contributed by atoms with Gasteiger partial charge in [-0.05, 0) is 26.8 Å². The Labute approximate surface area is 125 Å². The molecule has 0 aliphatic rings. The number of amides is 2. The molecule has 2 amide bonds. The van der Waals surface area contributed by atoms with Gasteiger partial charge < -0.3 is 10.2 Å². The molecule has 0 spiro atoms. The fourth-order valence-corrected chi connectivity index (χ4v) is 2.10. The lowest BCUT2D eigenvalue weighted by Crippen LogP contribution is -2.46. The molecular weight excluding hydrogens is 271 g/mol. The highest BCUT2D eigenvalue weighted by molar-refractivity contribution is 5.78. The van der Waals surface area contributed by atoms with Gasteiger partial charge in [0.25, 0.3) is 0 Å². The van der Waals surface area contributed by atoms with Crippen molar-refractivity contribution in [2.75, 3.05) is 6.54 Å². The summed E-state index contributed by atoms with van der Waals surface area (Å²) in [7, 11) is 0. The van der Waals surface area contributed by atoms with E-state index in [0.717, 1.165) is 0 Å². The number of benzene rings is 1. The van der Waals surface area contributed by atoms with E-state index >= 15 is 0 Å². The highest BCUT2D eigenvalue weighted by Crippen LogP contribution is 2.13. The average molecular weight is 294 g/mol. The van der Waals surface area contributed by atoms with Crippen LogP contribution in [-0.2, 0) is 16.1 Å². The largest absolute Gasteiger partial charge is 0.352 e. The summed E-state index contributed by atoms with van der Waals surface area (Å²) in [6, 6.07) is 6.32. The van der Waals surface area contributed by atoms with Crippen molar-refractivity contribution in [3.8, 4) is 0 Å². The van der Waals surface area contributed by atoms with Crippen molar-refractivity contribution in [3.63, 3.8) is 0 Å². The summed E-state index contributed by atoms with van der Waals surface area (Å²) in [6.07, 6.45) is 0.200. The molecule has 0 saturated heterocycles. The van der Waals surface area contributed by atoms with Crippen LogP contribution < -0.4 is 5.32 Å². The molecule has 21 heavy (non-hydrogen) atoms. The summed E-state index contributed by atoms with van der Waals surface area (Å²) < 4.78 is 13.4. The molecule has 0 heterocycles. The Morgan fingerprint density at radius 2 is 1.86 bits per heavy atom.